The Labute approximate surface area is 376 Å². The van der Waals surface area contributed by atoms with Crippen LogP contribution in [0.5, 0.6) is 0 Å². The quantitative estimate of drug-likeness (QED) is 0.148. The fraction of sp³-hybridized carbons (Fsp3) is 0.161. The van der Waals surface area contributed by atoms with Gasteiger partial charge in [-0.15, -0.1) is 0 Å². The highest BCUT2D eigenvalue weighted by Gasteiger charge is 2.51. The molecule has 0 saturated heterocycles. The Hall–Kier alpha value is -7.16. The van der Waals surface area contributed by atoms with Crippen molar-refractivity contribution in [1.29, 1.82) is 0 Å². The third kappa shape index (κ3) is 6.22. The molecular weight excluding hydrogens is 773 g/mol. The Morgan fingerprint density at radius 1 is 0.375 bits per heavy atom. The lowest BCUT2D eigenvalue weighted by molar-refractivity contribution is -0.00518. The molecule has 1 aromatic heterocycles. The summed E-state index contributed by atoms with van der Waals surface area (Å²) in [5, 5.41) is 5.10. The van der Waals surface area contributed by atoms with Gasteiger partial charge in [-0.2, -0.15) is 0 Å². The summed E-state index contributed by atoms with van der Waals surface area (Å²) in [6.07, 6.45) is 8.52. The van der Waals surface area contributed by atoms with E-state index in [9.17, 15) is 0 Å². The highest BCUT2D eigenvalue weighted by molar-refractivity contribution is 6.09. The molecule has 2 nitrogen and oxygen atoms in total. The SMILES string of the molecule is c1cc(-c2ccccc2-n2c3ccccc3c3ccccc32)cc(N(c2ccc(-c3ccc(-c4cccc5ccccc45)cc3)cc2)c2ccc(C34CC5CC(CC(C5)C3)C4)cc2)c1. The highest BCUT2D eigenvalue weighted by atomic mass is 15.1. The second kappa shape index (κ2) is 15.0. The van der Waals surface area contributed by atoms with E-state index in [1.165, 1.54) is 116 Å². The van der Waals surface area contributed by atoms with Gasteiger partial charge in [-0.1, -0.05) is 158 Å². The molecule has 0 N–H and O–H groups in total. The van der Waals surface area contributed by atoms with Crippen molar-refractivity contribution in [3.05, 3.63) is 218 Å². The van der Waals surface area contributed by atoms with Crippen molar-refractivity contribution in [1.82, 2.24) is 4.57 Å². The third-order valence-corrected chi connectivity index (χ3v) is 15.4. The fourth-order valence-electron chi connectivity index (χ4n) is 12.9. The lowest BCUT2D eigenvalue weighted by Gasteiger charge is -2.57. The molecular formula is C62H50N2. The van der Waals surface area contributed by atoms with Crippen LogP contribution in [-0.2, 0) is 5.41 Å². The van der Waals surface area contributed by atoms with E-state index >= 15 is 0 Å². The van der Waals surface area contributed by atoms with Gasteiger partial charge in [-0.3, -0.25) is 0 Å². The van der Waals surface area contributed by atoms with E-state index in [4.69, 9.17) is 0 Å². The minimum absolute atomic E-state index is 0.360. The van der Waals surface area contributed by atoms with E-state index in [-0.39, 0.29) is 0 Å². The van der Waals surface area contributed by atoms with Gasteiger partial charge in [0.25, 0.3) is 0 Å². The summed E-state index contributed by atoms with van der Waals surface area (Å²) in [4.78, 5) is 2.46. The predicted octanol–water partition coefficient (Wildman–Crippen LogP) is 16.9. The molecule has 14 rings (SSSR count). The van der Waals surface area contributed by atoms with Crippen LogP contribution in [0.4, 0.5) is 17.1 Å². The van der Waals surface area contributed by atoms with E-state index in [0.717, 1.165) is 29.1 Å². The number of benzene rings is 9. The Kier molecular flexibility index (Phi) is 8.76. The van der Waals surface area contributed by atoms with Gasteiger partial charge >= 0.3 is 0 Å². The minimum atomic E-state index is 0.360. The molecule has 4 fully saturated rings. The predicted molar refractivity (Wildman–Crippen MR) is 269 cm³/mol. The first kappa shape index (κ1) is 37.4. The van der Waals surface area contributed by atoms with Crippen LogP contribution in [0.2, 0.25) is 0 Å². The fourth-order valence-corrected chi connectivity index (χ4v) is 12.9. The molecule has 1 heterocycles. The van der Waals surface area contributed by atoms with E-state index in [1.54, 1.807) is 5.56 Å². The van der Waals surface area contributed by atoms with Gasteiger partial charge in [0.05, 0.1) is 16.7 Å². The molecule has 0 spiro atoms. The van der Waals surface area contributed by atoms with Crippen molar-refractivity contribution in [2.45, 2.75) is 43.9 Å². The van der Waals surface area contributed by atoms with Crippen molar-refractivity contribution < 1.29 is 0 Å². The number of hydrogen-bond acceptors (Lipinski definition) is 1. The maximum absolute atomic E-state index is 2.49. The van der Waals surface area contributed by atoms with Gasteiger partial charge in [0.2, 0.25) is 0 Å². The lowest BCUT2D eigenvalue weighted by atomic mass is 9.48. The molecule has 0 radical (unpaired) electrons. The molecule has 308 valence electrons. The summed E-state index contributed by atoms with van der Waals surface area (Å²) in [6, 6.07) is 79.0. The number of hydrogen-bond donors (Lipinski definition) is 0. The number of nitrogens with zero attached hydrogens (tertiary/aromatic N) is 2. The van der Waals surface area contributed by atoms with E-state index in [0.29, 0.717) is 5.41 Å². The number of anilines is 3. The Balaban J connectivity index is 0.891. The van der Waals surface area contributed by atoms with Gasteiger partial charge in [0.1, 0.15) is 0 Å². The molecule has 64 heavy (non-hydrogen) atoms. The smallest absolute Gasteiger partial charge is 0.0541 e. The first-order valence-corrected chi connectivity index (χ1v) is 23.4. The van der Waals surface area contributed by atoms with E-state index < -0.39 is 0 Å². The topological polar surface area (TPSA) is 8.17 Å². The zero-order valence-corrected chi connectivity index (χ0v) is 36.1. The maximum atomic E-state index is 2.49. The standard InChI is InChI=1S/C62H50N2/c1-2-15-54-47(11-1)12-10-19-55(54)48-25-23-45(24-26-48)46-27-31-51(32-28-46)63(52-33-29-50(30-34-52)62-39-42-35-43(40-62)37-44(36-42)41-62)53-14-9-13-49(38-53)56-16-3-6-20-59(56)64-60-21-7-4-17-57(60)58-18-5-8-22-61(58)64/h1-34,38,42-44H,35-37,39-41H2. The van der Waals surface area contributed by atoms with Crippen LogP contribution in [0.15, 0.2) is 212 Å². The van der Waals surface area contributed by atoms with E-state index in [1.807, 2.05) is 0 Å². The zero-order valence-electron chi connectivity index (χ0n) is 36.1. The number of rotatable bonds is 8. The molecule has 0 unspecified atom stereocenters. The third-order valence-electron chi connectivity index (χ3n) is 15.4. The average Bonchev–Trinajstić information content (AvgIpc) is 3.68. The second-order valence-electron chi connectivity index (χ2n) is 19.2. The number of fused-ring (bicyclic) bond motifs is 4. The summed E-state index contributed by atoms with van der Waals surface area (Å²) in [5.41, 5.74) is 16.3. The zero-order chi connectivity index (χ0) is 42.2. The summed E-state index contributed by atoms with van der Waals surface area (Å²) < 4.78 is 2.45. The van der Waals surface area contributed by atoms with Crippen LogP contribution in [0.3, 0.4) is 0 Å². The van der Waals surface area contributed by atoms with Crippen molar-refractivity contribution in [3.8, 4) is 39.1 Å². The highest BCUT2D eigenvalue weighted by Crippen LogP contribution is 2.61. The largest absolute Gasteiger partial charge is 0.310 e. The molecule has 9 aromatic carbocycles. The summed E-state index contributed by atoms with van der Waals surface area (Å²) in [7, 11) is 0. The first-order chi connectivity index (χ1) is 31.6. The molecule has 4 aliphatic rings. The molecule has 10 aromatic rings. The summed E-state index contributed by atoms with van der Waals surface area (Å²) >= 11 is 0. The lowest BCUT2D eigenvalue weighted by Crippen LogP contribution is -2.48. The number of aromatic nitrogens is 1. The van der Waals surface area contributed by atoms with Crippen molar-refractivity contribution in [2.24, 2.45) is 17.8 Å². The van der Waals surface area contributed by atoms with Crippen LogP contribution < -0.4 is 4.90 Å². The Morgan fingerprint density at radius 3 is 1.55 bits per heavy atom. The first-order valence-electron chi connectivity index (χ1n) is 23.4. The molecule has 4 aliphatic carbocycles. The van der Waals surface area contributed by atoms with Crippen molar-refractivity contribution >= 4 is 49.6 Å². The maximum Gasteiger partial charge on any atom is 0.0541 e. The normalized spacial score (nSPS) is 20.0. The van der Waals surface area contributed by atoms with Gasteiger partial charge in [-0.05, 0) is 160 Å². The molecule has 0 atom stereocenters. The van der Waals surface area contributed by atoms with Gasteiger partial charge in [0, 0.05) is 33.4 Å². The van der Waals surface area contributed by atoms with Gasteiger partial charge < -0.3 is 9.47 Å². The molecule has 4 saturated carbocycles. The summed E-state index contributed by atoms with van der Waals surface area (Å²) in [6.45, 7) is 0. The second-order valence-corrected chi connectivity index (χ2v) is 19.2. The number of para-hydroxylation sites is 3. The van der Waals surface area contributed by atoms with Crippen molar-refractivity contribution in [2.75, 3.05) is 4.90 Å². The van der Waals surface area contributed by atoms with E-state index in [2.05, 4.69) is 222 Å². The van der Waals surface area contributed by atoms with Crippen LogP contribution in [0.25, 0.3) is 71.6 Å². The molecule has 0 aliphatic heterocycles. The Morgan fingerprint density at radius 2 is 0.875 bits per heavy atom. The molecule has 0 amide bonds. The van der Waals surface area contributed by atoms with Crippen LogP contribution in [-0.4, -0.2) is 4.57 Å². The van der Waals surface area contributed by atoms with Crippen molar-refractivity contribution in [3.63, 3.8) is 0 Å². The average molecular weight is 823 g/mol. The van der Waals surface area contributed by atoms with Gasteiger partial charge in [-0.25, -0.2) is 0 Å². The summed E-state index contributed by atoms with van der Waals surface area (Å²) in [5.74, 6) is 2.76. The Bertz CT molecular complexity index is 3260. The molecule has 2 heteroatoms. The van der Waals surface area contributed by atoms with Gasteiger partial charge in [0.15, 0.2) is 0 Å². The monoisotopic (exact) mass is 822 g/mol. The van der Waals surface area contributed by atoms with Crippen LogP contribution in [0.1, 0.15) is 44.1 Å². The minimum Gasteiger partial charge on any atom is -0.310 e. The van der Waals surface area contributed by atoms with Crippen LogP contribution >= 0.6 is 0 Å². The van der Waals surface area contributed by atoms with Crippen LogP contribution in [0, 0.1) is 17.8 Å². The molecule has 4 bridgehead atoms.